The number of aryl methyl sites for hydroxylation is 1. The van der Waals surface area contributed by atoms with Crippen LogP contribution in [-0.4, -0.2) is 5.11 Å². The van der Waals surface area contributed by atoms with Crippen LogP contribution in [0.4, 0.5) is 0 Å². The summed E-state index contributed by atoms with van der Waals surface area (Å²) in [5.41, 5.74) is 1.24. The van der Waals surface area contributed by atoms with Gasteiger partial charge in [-0.3, -0.25) is 0 Å². The molecule has 0 radical (unpaired) electrons. The molecule has 0 bridgehead atoms. The molecule has 1 nitrogen and oxygen atoms in total. The molecular weight excluding hydrogens is 296 g/mol. The van der Waals surface area contributed by atoms with Crippen molar-refractivity contribution in [3.8, 4) is 5.75 Å². The molecule has 2 aromatic rings. The summed E-state index contributed by atoms with van der Waals surface area (Å²) in [6, 6.07) is 13.8. The molecule has 0 amide bonds. The van der Waals surface area contributed by atoms with Gasteiger partial charge in [0.25, 0.3) is 0 Å². The SMILES string of the molecule is CCc1ccc(O)c(Sc2ccc(Br)cc2)c1. The van der Waals surface area contributed by atoms with E-state index in [2.05, 4.69) is 22.9 Å². The summed E-state index contributed by atoms with van der Waals surface area (Å²) in [6.07, 6.45) is 0.980. The van der Waals surface area contributed by atoms with Crippen LogP contribution in [0.3, 0.4) is 0 Å². The van der Waals surface area contributed by atoms with Gasteiger partial charge in [0.1, 0.15) is 5.75 Å². The van der Waals surface area contributed by atoms with Gasteiger partial charge in [0.05, 0.1) is 4.90 Å². The summed E-state index contributed by atoms with van der Waals surface area (Å²) < 4.78 is 1.06. The Balaban J connectivity index is 2.25. The molecule has 0 spiro atoms. The van der Waals surface area contributed by atoms with Gasteiger partial charge in [0, 0.05) is 9.37 Å². The van der Waals surface area contributed by atoms with Gasteiger partial charge in [-0.1, -0.05) is 40.7 Å². The zero-order valence-corrected chi connectivity index (χ0v) is 11.9. The van der Waals surface area contributed by atoms with Crippen molar-refractivity contribution in [1.29, 1.82) is 0 Å². The maximum absolute atomic E-state index is 9.82. The van der Waals surface area contributed by atoms with E-state index < -0.39 is 0 Å². The number of rotatable bonds is 3. The first-order valence-corrected chi connectivity index (χ1v) is 7.05. The van der Waals surface area contributed by atoms with E-state index in [1.165, 1.54) is 5.56 Å². The standard InChI is InChI=1S/C14H13BrOS/c1-2-10-3-8-13(16)14(9-10)17-12-6-4-11(15)5-7-12/h3-9,16H,2H2,1H3. The second-order valence-corrected chi connectivity index (χ2v) is 5.74. The molecule has 0 saturated carbocycles. The van der Waals surface area contributed by atoms with E-state index in [9.17, 15) is 5.11 Å². The Morgan fingerprint density at radius 1 is 1.12 bits per heavy atom. The largest absolute Gasteiger partial charge is 0.507 e. The third kappa shape index (κ3) is 3.27. The lowest BCUT2D eigenvalue weighted by Crippen LogP contribution is -1.82. The van der Waals surface area contributed by atoms with Gasteiger partial charge in [0.2, 0.25) is 0 Å². The molecule has 2 aromatic carbocycles. The van der Waals surface area contributed by atoms with E-state index in [1.807, 2.05) is 36.4 Å². The van der Waals surface area contributed by atoms with Crippen LogP contribution in [0.5, 0.6) is 5.75 Å². The predicted molar refractivity (Wildman–Crippen MR) is 75.7 cm³/mol. The fourth-order valence-corrected chi connectivity index (χ4v) is 2.66. The number of halogens is 1. The van der Waals surface area contributed by atoms with Crippen LogP contribution < -0.4 is 0 Å². The summed E-state index contributed by atoms with van der Waals surface area (Å²) in [5, 5.41) is 9.82. The highest BCUT2D eigenvalue weighted by molar-refractivity contribution is 9.10. The first-order chi connectivity index (χ1) is 8.19. The minimum Gasteiger partial charge on any atom is -0.507 e. The summed E-state index contributed by atoms with van der Waals surface area (Å²) in [7, 11) is 0. The van der Waals surface area contributed by atoms with Crippen molar-refractivity contribution in [3.05, 3.63) is 52.5 Å². The molecule has 0 aliphatic rings. The number of benzene rings is 2. The van der Waals surface area contributed by atoms with Gasteiger partial charge in [-0.05, 0) is 48.4 Å². The summed E-state index contributed by atoms with van der Waals surface area (Å²) in [4.78, 5) is 2.03. The Morgan fingerprint density at radius 2 is 1.82 bits per heavy atom. The molecule has 0 unspecified atom stereocenters. The minimum atomic E-state index is 0.343. The Labute approximate surface area is 114 Å². The highest BCUT2D eigenvalue weighted by atomic mass is 79.9. The fraction of sp³-hybridized carbons (Fsp3) is 0.143. The van der Waals surface area contributed by atoms with Gasteiger partial charge in [-0.15, -0.1) is 0 Å². The average Bonchev–Trinajstić information content (AvgIpc) is 2.35. The maximum Gasteiger partial charge on any atom is 0.129 e. The highest BCUT2D eigenvalue weighted by Crippen LogP contribution is 2.35. The zero-order valence-electron chi connectivity index (χ0n) is 9.48. The Kier molecular flexibility index (Phi) is 4.13. The number of hydrogen-bond donors (Lipinski definition) is 1. The lowest BCUT2D eigenvalue weighted by Gasteiger charge is -2.06. The first-order valence-electron chi connectivity index (χ1n) is 5.44. The molecule has 0 heterocycles. The van der Waals surface area contributed by atoms with Gasteiger partial charge < -0.3 is 5.11 Å². The van der Waals surface area contributed by atoms with Crippen molar-refractivity contribution in [3.63, 3.8) is 0 Å². The Morgan fingerprint density at radius 3 is 2.47 bits per heavy atom. The third-order valence-corrected chi connectivity index (χ3v) is 4.06. The van der Waals surface area contributed by atoms with Crippen LogP contribution in [0, 0.1) is 0 Å². The van der Waals surface area contributed by atoms with Crippen molar-refractivity contribution in [2.45, 2.75) is 23.1 Å². The highest BCUT2D eigenvalue weighted by Gasteiger charge is 2.04. The van der Waals surface area contributed by atoms with Crippen molar-refractivity contribution in [1.82, 2.24) is 0 Å². The number of aromatic hydroxyl groups is 1. The fourth-order valence-electron chi connectivity index (χ4n) is 1.49. The lowest BCUT2D eigenvalue weighted by molar-refractivity contribution is 0.462. The van der Waals surface area contributed by atoms with Crippen LogP contribution >= 0.6 is 27.7 Å². The third-order valence-electron chi connectivity index (χ3n) is 2.47. The predicted octanol–water partition coefficient (Wildman–Crippen LogP) is 4.87. The van der Waals surface area contributed by atoms with E-state index >= 15 is 0 Å². The van der Waals surface area contributed by atoms with Crippen LogP contribution in [-0.2, 0) is 6.42 Å². The van der Waals surface area contributed by atoms with E-state index in [4.69, 9.17) is 0 Å². The van der Waals surface area contributed by atoms with Crippen molar-refractivity contribution in [2.75, 3.05) is 0 Å². The summed E-state index contributed by atoms with van der Waals surface area (Å²) in [6.45, 7) is 2.11. The number of phenols is 1. The van der Waals surface area contributed by atoms with Gasteiger partial charge in [-0.25, -0.2) is 0 Å². The molecular formula is C14H13BrOS. The van der Waals surface area contributed by atoms with E-state index in [-0.39, 0.29) is 0 Å². The Bertz CT molecular complexity index is 508. The van der Waals surface area contributed by atoms with Crippen molar-refractivity contribution in [2.24, 2.45) is 0 Å². The minimum absolute atomic E-state index is 0.343. The van der Waals surface area contributed by atoms with Crippen LogP contribution in [0.15, 0.2) is 56.7 Å². The smallest absolute Gasteiger partial charge is 0.129 e. The van der Waals surface area contributed by atoms with Gasteiger partial charge in [0.15, 0.2) is 0 Å². The quantitative estimate of drug-likeness (QED) is 0.873. The summed E-state index contributed by atoms with van der Waals surface area (Å²) >= 11 is 4.99. The number of phenolic OH excluding ortho intramolecular Hbond substituents is 1. The molecule has 2 rings (SSSR count). The van der Waals surface area contributed by atoms with Crippen molar-refractivity contribution >= 4 is 27.7 Å². The monoisotopic (exact) mass is 308 g/mol. The molecule has 0 aliphatic heterocycles. The van der Waals surface area contributed by atoms with Crippen molar-refractivity contribution < 1.29 is 5.11 Å². The average molecular weight is 309 g/mol. The van der Waals surface area contributed by atoms with E-state index in [1.54, 1.807) is 17.8 Å². The van der Waals surface area contributed by atoms with Gasteiger partial charge >= 0.3 is 0 Å². The molecule has 17 heavy (non-hydrogen) atoms. The summed E-state index contributed by atoms with van der Waals surface area (Å²) in [5.74, 6) is 0.343. The zero-order chi connectivity index (χ0) is 12.3. The molecule has 1 N–H and O–H groups in total. The van der Waals surface area contributed by atoms with Gasteiger partial charge in [-0.2, -0.15) is 0 Å². The number of hydrogen-bond acceptors (Lipinski definition) is 2. The second-order valence-electron chi connectivity index (χ2n) is 3.71. The van der Waals surface area contributed by atoms with Crippen LogP contribution in [0.25, 0.3) is 0 Å². The molecule has 0 atom stereocenters. The van der Waals surface area contributed by atoms with Crippen LogP contribution in [0.2, 0.25) is 0 Å². The molecule has 88 valence electrons. The molecule has 3 heteroatoms. The Hall–Kier alpha value is -0.930. The molecule has 0 saturated heterocycles. The maximum atomic E-state index is 9.82. The molecule has 0 aromatic heterocycles. The lowest BCUT2D eigenvalue weighted by atomic mass is 10.2. The van der Waals surface area contributed by atoms with Crippen LogP contribution in [0.1, 0.15) is 12.5 Å². The normalized spacial score (nSPS) is 10.5. The molecule has 0 fully saturated rings. The second kappa shape index (κ2) is 5.61. The first kappa shape index (κ1) is 12.5. The van der Waals surface area contributed by atoms with E-state index in [0.717, 1.165) is 20.7 Å². The topological polar surface area (TPSA) is 20.2 Å². The molecule has 0 aliphatic carbocycles. The van der Waals surface area contributed by atoms with E-state index in [0.29, 0.717) is 5.75 Å².